The van der Waals surface area contributed by atoms with Crippen LogP contribution in [0.15, 0.2) is 30.3 Å². The van der Waals surface area contributed by atoms with Crippen LogP contribution in [-0.2, 0) is 4.43 Å². The lowest BCUT2D eigenvalue weighted by molar-refractivity contribution is 0.115. The van der Waals surface area contributed by atoms with Gasteiger partial charge in [0.05, 0.1) is 0 Å². The normalized spacial score (nSPS) is 32.6. The number of fused-ring (bicyclic) bond motifs is 2. The lowest BCUT2D eigenvalue weighted by atomic mass is 9.82. The molecule has 2 saturated carbocycles. The molecule has 2 bridgehead atoms. The smallest absolute Gasteiger partial charge is 0.192 e. The number of benzene rings is 1. The number of rotatable bonds is 3. The first-order valence-electron chi connectivity index (χ1n) is 8.51. The van der Waals surface area contributed by atoms with E-state index in [1.165, 1.54) is 19.3 Å². The van der Waals surface area contributed by atoms with Crippen molar-refractivity contribution in [3.63, 3.8) is 0 Å². The van der Waals surface area contributed by atoms with Gasteiger partial charge in [0.2, 0.25) is 0 Å². The molecule has 0 heterocycles. The fraction of sp³-hybridized carbons (Fsp3) is 0.684. The first kappa shape index (κ1) is 15.3. The van der Waals surface area contributed by atoms with Crippen molar-refractivity contribution < 1.29 is 4.43 Å². The molecule has 1 aromatic rings. The molecule has 0 aliphatic heterocycles. The van der Waals surface area contributed by atoms with Gasteiger partial charge in [0.15, 0.2) is 8.32 Å². The van der Waals surface area contributed by atoms with Gasteiger partial charge in [-0.2, -0.15) is 0 Å². The van der Waals surface area contributed by atoms with E-state index in [1.807, 2.05) is 0 Å². The molecule has 2 heteroatoms. The third-order valence-electron chi connectivity index (χ3n) is 6.27. The molecule has 2 fully saturated rings. The van der Waals surface area contributed by atoms with Gasteiger partial charge in [-0.15, -0.1) is 0 Å². The first-order chi connectivity index (χ1) is 9.78. The fourth-order valence-electron chi connectivity index (χ4n) is 4.03. The second-order valence-corrected chi connectivity index (χ2v) is 13.4. The minimum absolute atomic E-state index is 0.327. The van der Waals surface area contributed by atoms with Crippen molar-refractivity contribution in [2.24, 2.45) is 11.8 Å². The summed E-state index contributed by atoms with van der Waals surface area (Å²) >= 11 is 0. The Kier molecular flexibility index (Phi) is 3.82. The molecule has 2 aliphatic rings. The van der Waals surface area contributed by atoms with Gasteiger partial charge >= 0.3 is 0 Å². The van der Waals surface area contributed by atoms with Crippen LogP contribution in [0.4, 0.5) is 0 Å². The molecule has 0 N–H and O–H groups in total. The summed E-state index contributed by atoms with van der Waals surface area (Å²) in [5, 5.41) is 0.327. The maximum Gasteiger partial charge on any atom is 0.192 e. The maximum atomic E-state index is 6.72. The zero-order valence-electron chi connectivity index (χ0n) is 14.2. The van der Waals surface area contributed by atoms with E-state index in [-0.39, 0.29) is 0 Å². The highest BCUT2D eigenvalue weighted by Crippen LogP contribution is 2.55. The average Bonchev–Trinajstić information content (AvgIpc) is 2.97. The fourth-order valence-corrected chi connectivity index (χ4v) is 5.43. The standard InChI is InChI=1S/C19H30OSi/c1-19(2,3)21(4,5)20-18-13-15-11-16(18)12-17(15)14-9-7-6-8-10-14/h6-10,15-18H,11-13H2,1-5H3/t15-,16-,17-,18+/m0/s1. The molecule has 2 aliphatic carbocycles. The Hall–Kier alpha value is -0.603. The molecule has 0 unspecified atom stereocenters. The van der Waals surface area contributed by atoms with Gasteiger partial charge in [-0.3, -0.25) is 0 Å². The minimum Gasteiger partial charge on any atom is -0.414 e. The molecule has 3 rings (SSSR count). The van der Waals surface area contributed by atoms with E-state index >= 15 is 0 Å². The molecular weight excluding hydrogens is 272 g/mol. The summed E-state index contributed by atoms with van der Waals surface area (Å²) in [6.45, 7) is 11.8. The molecule has 1 nitrogen and oxygen atoms in total. The Morgan fingerprint density at radius 2 is 1.62 bits per heavy atom. The van der Waals surface area contributed by atoms with Crippen molar-refractivity contribution in [2.45, 2.75) is 70.2 Å². The van der Waals surface area contributed by atoms with E-state index < -0.39 is 8.32 Å². The van der Waals surface area contributed by atoms with Gasteiger partial charge in [-0.25, -0.2) is 0 Å². The lowest BCUT2D eigenvalue weighted by Crippen LogP contribution is -2.45. The van der Waals surface area contributed by atoms with Gasteiger partial charge in [0, 0.05) is 6.10 Å². The lowest BCUT2D eigenvalue weighted by Gasteiger charge is -2.41. The number of hydrogen-bond donors (Lipinski definition) is 0. The zero-order chi connectivity index (χ0) is 15.3. The van der Waals surface area contributed by atoms with Crippen LogP contribution in [0.3, 0.4) is 0 Å². The van der Waals surface area contributed by atoms with Gasteiger partial charge < -0.3 is 4.43 Å². The number of hydrogen-bond acceptors (Lipinski definition) is 1. The van der Waals surface area contributed by atoms with Crippen LogP contribution < -0.4 is 0 Å². The van der Waals surface area contributed by atoms with E-state index in [4.69, 9.17) is 4.43 Å². The summed E-state index contributed by atoms with van der Waals surface area (Å²) in [5.41, 5.74) is 1.55. The summed E-state index contributed by atoms with van der Waals surface area (Å²) < 4.78 is 6.72. The van der Waals surface area contributed by atoms with Gasteiger partial charge in [0.25, 0.3) is 0 Å². The second kappa shape index (κ2) is 5.24. The van der Waals surface area contributed by atoms with Crippen LogP contribution in [-0.4, -0.2) is 14.4 Å². The van der Waals surface area contributed by atoms with Crippen molar-refractivity contribution in [3.8, 4) is 0 Å². The van der Waals surface area contributed by atoms with Gasteiger partial charge in [-0.1, -0.05) is 51.1 Å². The summed E-state index contributed by atoms with van der Waals surface area (Å²) in [4.78, 5) is 0. The van der Waals surface area contributed by atoms with Crippen molar-refractivity contribution in [1.29, 1.82) is 0 Å². The van der Waals surface area contributed by atoms with Crippen molar-refractivity contribution in [1.82, 2.24) is 0 Å². The Bertz CT molecular complexity index is 488. The molecule has 0 aromatic heterocycles. The minimum atomic E-state index is -1.61. The van der Waals surface area contributed by atoms with E-state index in [9.17, 15) is 0 Å². The van der Waals surface area contributed by atoms with E-state index in [2.05, 4.69) is 64.2 Å². The molecular formula is C19H30OSi. The van der Waals surface area contributed by atoms with Gasteiger partial charge in [-0.05, 0) is 60.7 Å². The van der Waals surface area contributed by atoms with E-state index in [1.54, 1.807) is 5.56 Å². The van der Waals surface area contributed by atoms with Crippen LogP contribution in [0.1, 0.15) is 51.5 Å². The monoisotopic (exact) mass is 302 g/mol. The van der Waals surface area contributed by atoms with E-state index in [0.29, 0.717) is 11.1 Å². The van der Waals surface area contributed by atoms with Crippen LogP contribution in [0.25, 0.3) is 0 Å². The van der Waals surface area contributed by atoms with Crippen LogP contribution in [0.2, 0.25) is 18.1 Å². The summed E-state index contributed by atoms with van der Waals surface area (Å²) in [7, 11) is -1.61. The largest absolute Gasteiger partial charge is 0.414 e. The highest BCUT2D eigenvalue weighted by molar-refractivity contribution is 6.74. The Morgan fingerprint density at radius 1 is 0.952 bits per heavy atom. The van der Waals surface area contributed by atoms with Crippen LogP contribution in [0, 0.1) is 11.8 Å². The predicted molar refractivity (Wildman–Crippen MR) is 92.1 cm³/mol. The topological polar surface area (TPSA) is 9.23 Å². The summed E-state index contributed by atoms with van der Waals surface area (Å²) in [6.07, 6.45) is 4.56. The molecule has 0 radical (unpaired) electrons. The summed E-state index contributed by atoms with van der Waals surface area (Å²) in [5.74, 6) is 2.44. The zero-order valence-corrected chi connectivity index (χ0v) is 15.2. The molecule has 1 aromatic carbocycles. The van der Waals surface area contributed by atoms with Crippen molar-refractivity contribution in [3.05, 3.63) is 35.9 Å². The molecule has 0 saturated heterocycles. The second-order valence-electron chi connectivity index (χ2n) is 8.66. The summed E-state index contributed by atoms with van der Waals surface area (Å²) in [6, 6.07) is 11.1. The molecule has 21 heavy (non-hydrogen) atoms. The quantitative estimate of drug-likeness (QED) is 0.661. The van der Waals surface area contributed by atoms with Gasteiger partial charge in [0.1, 0.15) is 0 Å². The SMILES string of the molecule is CC(C)(C)[Si](C)(C)O[C@@H]1C[C@@H]2C[C@H]1C[C@H]2c1ccccc1. The van der Waals surface area contributed by atoms with Crippen LogP contribution in [0.5, 0.6) is 0 Å². The molecule has 0 amide bonds. The van der Waals surface area contributed by atoms with Crippen molar-refractivity contribution >= 4 is 8.32 Å². The highest BCUT2D eigenvalue weighted by atomic mass is 28.4. The highest BCUT2D eigenvalue weighted by Gasteiger charge is 2.50. The van der Waals surface area contributed by atoms with E-state index in [0.717, 1.165) is 17.8 Å². The Labute approximate surface area is 131 Å². The third kappa shape index (κ3) is 2.85. The Morgan fingerprint density at radius 3 is 2.14 bits per heavy atom. The van der Waals surface area contributed by atoms with Crippen LogP contribution >= 0.6 is 0 Å². The molecule has 116 valence electrons. The molecule has 0 spiro atoms. The van der Waals surface area contributed by atoms with Crippen molar-refractivity contribution in [2.75, 3.05) is 0 Å². The average molecular weight is 303 g/mol. The predicted octanol–water partition coefficient (Wildman–Crippen LogP) is 5.59. The first-order valence-corrected chi connectivity index (χ1v) is 11.4. The molecule has 4 atom stereocenters. The third-order valence-corrected chi connectivity index (χ3v) is 10.8. The Balaban J connectivity index is 1.66. The maximum absolute atomic E-state index is 6.72.